The van der Waals surface area contributed by atoms with Crippen LogP contribution in [0.15, 0.2) is 54.6 Å². The van der Waals surface area contributed by atoms with Crippen LogP contribution in [0.3, 0.4) is 0 Å². The topological polar surface area (TPSA) is 46.6 Å². The summed E-state index contributed by atoms with van der Waals surface area (Å²) >= 11 is 0. The van der Waals surface area contributed by atoms with Gasteiger partial charge in [0.05, 0.1) is 12.4 Å². The van der Waals surface area contributed by atoms with E-state index in [1.807, 2.05) is 18.2 Å². The van der Waals surface area contributed by atoms with Crippen molar-refractivity contribution in [3.8, 4) is 5.75 Å². The van der Waals surface area contributed by atoms with Crippen LogP contribution in [0.5, 0.6) is 5.75 Å². The summed E-state index contributed by atoms with van der Waals surface area (Å²) in [6.45, 7) is 1.49. The van der Waals surface area contributed by atoms with Gasteiger partial charge in [0, 0.05) is 13.1 Å². The van der Waals surface area contributed by atoms with Crippen LogP contribution in [0.4, 0.5) is 4.39 Å². The third-order valence-electron chi connectivity index (χ3n) is 4.96. The number of halogens is 1. The molecule has 4 nitrogen and oxygen atoms in total. The van der Waals surface area contributed by atoms with Gasteiger partial charge in [0.1, 0.15) is 11.6 Å². The molecule has 146 valence electrons. The summed E-state index contributed by atoms with van der Waals surface area (Å²) in [4.78, 5) is 0. The maximum absolute atomic E-state index is 12.8. The lowest BCUT2D eigenvalue weighted by Gasteiger charge is -2.31. The minimum atomic E-state index is -3.25. The van der Waals surface area contributed by atoms with Gasteiger partial charge in [-0.25, -0.2) is 17.1 Å². The Labute approximate surface area is 161 Å². The SMILES string of the molecule is O=S(=O)(CCCOc1ccc(F)cc1)N1CCC(Cc2ccccc2)CC1. The van der Waals surface area contributed by atoms with E-state index >= 15 is 0 Å². The van der Waals surface area contributed by atoms with Gasteiger partial charge >= 0.3 is 0 Å². The zero-order valence-corrected chi connectivity index (χ0v) is 16.2. The van der Waals surface area contributed by atoms with Crippen molar-refractivity contribution in [1.29, 1.82) is 0 Å². The fraction of sp³-hybridized carbons (Fsp3) is 0.429. The number of sulfonamides is 1. The van der Waals surface area contributed by atoms with Gasteiger partial charge in [-0.05, 0) is 61.4 Å². The second-order valence-electron chi connectivity index (χ2n) is 7.00. The fourth-order valence-corrected chi connectivity index (χ4v) is 4.94. The molecule has 1 aliphatic rings. The third-order valence-corrected chi connectivity index (χ3v) is 6.92. The summed E-state index contributed by atoms with van der Waals surface area (Å²) in [5.74, 6) is 0.856. The summed E-state index contributed by atoms with van der Waals surface area (Å²) in [7, 11) is -3.25. The first-order valence-corrected chi connectivity index (χ1v) is 11.0. The molecule has 0 spiro atoms. The molecule has 0 aromatic heterocycles. The van der Waals surface area contributed by atoms with Crippen molar-refractivity contribution in [2.45, 2.75) is 25.7 Å². The first-order chi connectivity index (χ1) is 13.0. The van der Waals surface area contributed by atoms with E-state index in [1.54, 1.807) is 16.4 Å². The van der Waals surface area contributed by atoms with E-state index in [2.05, 4.69) is 12.1 Å². The number of rotatable bonds is 8. The average Bonchev–Trinajstić information content (AvgIpc) is 2.68. The number of benzene rings is 2. The molecule has 0 radical (unpaired) electrons. The molecule has 0 N–H and O–H groups in total. The summed E-state index contributed by atoms with van der Waals surface area (Å²) in [5.41, 5.74) is 1.32. The van der Waals surface area contributed by atoms with Crippen LogP contribution in [-0.2, 0) is 16.4 Å². The Morgan fingerprint density at radius 2 is 1.67 bits per heavy atom. The summed E-state index contributed by atoms with van der Waals surface area (Å²) in [6.07, 6.45) is 3.24. The lowest BCUT2D eigenvalue weighted by Crippen LogP contribution is -2.40. The predicted octanol–water partition coefficient (Wildman–Crippen LogP) is 3.88. The van der Waals surface area contributed by atoms with Gasteiger partial charge < -0.3 is 4.74 Å². The van der Waals surface area contributed by atoms with Crippen LogP contribution < -0.4 is 4.74 Å². The quantitative estimate of drug-likeness (QED) is 0.642. The zero-order valence-electron chi connectivity index (χ0n) is 15.4. The highest BCUT2D eigenvalue weighted by molar-refractivity contribution is 7.89. The van der Waals surface area contributed by atoms with Crippen LogP contribution in [-0.4, -0.2) is 38.2 Å². The van der Waals surface area contributed by atoms with Gasteiger partial charge in [0.2, 0.25) is 10.0 Å². The van der Waals surface area contributed by atoms with Gasteiger partial charge in [-0.15, -0.1) is 0 Å². The maximum atomic E-state index is 12.8. The third kappa shape index (κ3) is 6.04. The molecular formula is C21H26FNO3S. The zero-order chi connectivity index (χ0) is 19.1. The Hall–Kier alpha value is -1.92. The molecule has 0 saturated carbocycles. The smallest absolute Gasteiger partial charge is 0.214 e. The maximum Gasteiger partial charge on any atom is 0.214 e. The highest BCUT2D eigenvalue weighted by atomic mass is 32.2. The highest BCUT2D eigenvalue weighted by Crippen LogP contribution is 2.23. The molecule has 0 unspecified atom stereocenters. The molecule has 0 atom stereocenters. The van der Waals surface area contributed by atoms with E-state index < -0.39 is 10.0 Å². The molecule has 1 aliphatic heterocycles. The first-order valence-electron chi connectivity index (χ1n) is 9.43. The Morgan fingerprint density at radius 1 is 1.00 bits per heavy atom. The van der Waals surface area contributed by atoms with E-state index in [4.69, 9.17) is 4.74 Å². The lowest BCUT2D eigenvalue weighted by atomic mass is 9.91. The summed E-state index contributed by atoms with van der Waals surface area (Å²) in [6, 6.07) is 16.1. The molecule has 27 heavy (non-hydrogen) atoms. The van der Waals surface area contributed by atoms with Crippen LogP contribution in [0.1, 0.15) is 24.8 Å². The standard InChI is InChI=1S/C21H26FNO3S/c22-20-7-9-21(10-8-20)26-15-4-16-27(24,25)23-13-11-19(12-14-23)17-18-5-2-1-3-6-18/h1-3,5-10,19H,4,11-17H2. The van der Waals surface area contributed by atoms with Gasteiger partial charge in [-0.3, -0.25) is 0 Å². The molecule has 1 heterocycles. The molecule has 2 aromatic carbocycles. The minimum absolute atomic E-state index is 0.0809. The van der Waals surface area contributed by atoms with Crippen LogP contribution in [0.2, 0.25) is 0 Å². The van der Waals surface area contributed by atoms with Gasteiger partial charge in [0.25, 0.3) is 0 Å². The largest absolute Gasteiger partial charge is 0.494 e. The predicted molar refractivity (Wildman–Crippen MR) is 105 cm³/mol. The van der Waals surface area contributed by atoms with Crippen LogP contribution in [0, 0.1) is 11.7 Å². The molecule has 1 saturated heterocycles. The number of piperidine rings is 1. The van der Waals surface area contributed by atoms with Crippen LogP contribution in [0.25, 0.3) is 0 Å². The minimum Gasteiger partial charge on any atom is -0.494 e. The van der Waals surface area contributed by atoms with E-state index in [0.717, 1.165) is 19.3 Å². The van der Waals surface area contributed by atoms with Crippen molar-refractivity contribution in [2.75, 3.05) is 25.4 Å². The van der Waals surface area contributed by atoms with Crippen LogP contribution >= 0.6 is 0 Å². The van der Waals surface area contributed by atoms with E-state index in [1.165, 1.54) is 17.7 Å². The number of ether oxygens (including phenoxy) is 1. The molecule has 1 fully saturated rings. The van der Waals surface area contributed by atoms with E-state index in [9.17, 15) is 12.8 Å². The molecule has 6 heteroatoms. The molecular weight excluding hydrogens is 365 g/mol. The summed E-state index contributed by atoms with van der Waals surface area (Å²) in [5, 5.41) is 0. The Kier molecular flexibility index (Phi) is 6.85. The Bertz CT molecular complexity index is 801. The Balaban J connectivity index is 1.39. The van der Waals surface area contributed by atoms with Crippen molar-refractivity contribution in [3.63, 3.8) is 0 Å². The fourth-order valence-electron chi connectivity index (χ4n) is 3.43. The van der Waals surface area contributed by atoms with Gasteiger partial charge in [-0.1, -0.05) is 30.3 Å². The molecule has 0 aliphatic carbocycles. The van der Waals surface area contributed by atoms with E-state index in [0.29, 0.717) is 37.8 Å². The molecule has 0 bridgehead atoms. The van der Waals surface area contributed by atoms with Gasteiger partial charge in [0.15, 0.2) is 0 Å². The number of nitrogens with zero attached hydrogens (tertiary/aromatic N) is 1. The second-order valence-corrected chi connectivity index (χ2v) is 9.09. The first kappa shape index (κ1) is 19.8. The number of hydrogen-bond donors (Lipinski definition) is 0. The van der Waals surface area contributed by atoms with Crippen molar-refractivity contribution in [3.05, 3.63) is 66.0 Å². The number of hydrogen-bond acceptors (Lipinski definition) is 3. The highest BCUT2D eigenvalue weighted by Gasteiger charge is 2.27. The van der Waals surface area contributed by atoms with Crippen molar-refractivity contribution < 1.29 is 17.5 Å². The van der Waals surface area contributed by atoms with E-state index in [-0.39, 0.29) is 11.6 Å². The molecule has 3 rings (SSSR count). The lowest BCUT2D eigenvalue weighted by molar-refractivity contribution is 0.270. The van der Waals surface area contributed by atoms with Crippen molar-refractivity contribution >= 4 is 10.0 Å². The Morgan fingerprint density at radius 3 is 2.33 bits per heavy atom. The summed E-state index contributed by atoms with van der Waals surface area (Å²) < 4.78 is 45.0. The monoisotopic (exact) mass is 391 g/mol. The molecule has 0 amide bonds. The second kappa shape index (κ2) is 9.33. The van der Waals surface area contributed by atoms with Crippen molar-refractivity contribution in [2.24, 2.45) is 5.92 Å². The van der Waals surface area contributed by atoms with Crippen molar-refractivity contribution in [1.82, 2.24) is 4.31 Å². The molecule has 2 aromatic rings. The average molecular weight is 392 g/mol. The normalized spacial score (nSPS) is 16.3. The van der Waals surface area contributed by atoms with Gasteiger partial charge in [-0.2, -0.15) is 0 Å².